The molecule has 0 saturated carbocycles. The van der Waals surface area contributed by atoms with E-state index in [1.165, 1.54) is 5.56 Å². The van der Waals surface area contributed by atoms with Crippen LogP contribution in [0.5, 0.6) is 5.75 Å². The molecular weight excluding hydrogens is 373 g/mol. The van der Waals surface area contributed by atoms with Gasteiger partial charge < -0.3 is 10.1 Å². The number of hydrogen-bond acceptors (Lipinski definition) is 2. The van der Waals surface area contributed by atoms with Crippen LogP contribution in [0.2, 0.25) is 10.0 Å². The molecule has 0 fully saturated rings. The highest BCUT2D eigenvalue weighted by molar-refractivity contribution is 9.10. The normalized spacial score (nSPS) is 12.2. The van der Waals surface area contributed by atoms with Gasteiger partial charge in [0.15, 0.2) is 0 Å². The number of ether oxygens (including phenoxy) is 1. The fourth-order valence-electron chi connectivity index (χ4n) is 2.19. The van der Waals surface area contributed by atoms with E-state index in [1.54, 1.807) is 7.11 Å². The van der Waals surface area contributed by atoms with Gasteiger partial charge in [-0.05, 0) is 64.8 Å². The molecule has 0 aliphatic carbocycles. The summed E-state index contributed by atoms with van der Waals surface area (Å²) in [5.41, 5.74) is 2.31. The summed E-state index contributed by atoms with van der Waals surface area (Å²) >= 11 is 15.6. The van der Waals surface area contributed by atoms with E-state index in [0.717, 1.165) is 22.2 Å². The number of nitrogens with one attached hydrogen (secondary N) is 1. The molecule has 5 heteroatoms. The van der Waals surface area contributed by atoms with Crippen LogP contribution in [0.4, 0.5) is 0 Å². The molecule has 0 saturated heterocycles. The van der Waals surface area contributed by atoms with E-state index in [4.69, 9.17) is 27.9 Å². The maximum absolute atomic E-state index is 6.10. The van der Waals surface area contributed by atoms with Crippen LogP contribution in [0.15, 0.2) is 40.9 Å². The summed E-state index contributed by atoms with van der Waals surface area (Å²) in [5.74, 6) is 0.828. The molecule has 0 bridgehead atoms. The van der Waals surface area contributed by atoms with Crippen LogP contribution >= 0.6 is 39.1 Å². The monoisotopic (exact) mass is 387 g/mol. The first-order chi connectivity index (χ1) is 10.0. The summed E-state index contributed by atoms with van der Waals surface area (Å²) in [6.07, 6.45) is 0.844. The average molecular weight is 389 g/mol. The Labute approximate surface area is 143 Å². The fourth-order valence-corrected chi connectivity index (χ4v) is 3.08. The summed E-state index contributed by atoms with van der Waals surface area (Å²) < 4.78 is 6.20. The predicted octanol–water partition coefficient (Wildman–Crippen LogP) is 5.27. The standard InChI is InChI=1S/C16H16BrCl2NO/c1-20-15(11-4-5-13(18)14(19)9-11)8-10-3-6-16(21-2)12(17)7-10/h3-7,9,15,20H,8H2,1-2H3. The third-order valence-corrected chi connectivity index (χ3v) is 4.71. The van der Waals surface area contributed by atoms with Crippen LogP contribution in [0.25, 0.3) is 0 Å². The molecule has 112 valence electrons. The fraction of sp³-hybridized carbons (Fsp3) is 0.250. The third kappa shape index (κ3) is 4.13. The molecule has 0 spiro atoms. The molecule has 0 aliphatic heterocycles. The van der Waals surface area contributed by atoms with Crippen LogP contribution < -0.4 is 10.1 Å². The zero-order chi connectivity index (χ0) is 15.4. The number of hydrogen-bond donors (Lipinski definition) is 1. The Bertz CT molecular complexity index is 634. The van der Waals surface area contributed by atoms with Crippen LogP contribution in [-0.4, -0.2) is 14.2 Å². The number of rotatable bonds is 5. The maximum Gasteiger partial charge on any atom is 0.133 e. The summed E-state index contributed by atoms with van der Waals surface area (Å²) in [6, 6.07) is 12.0. The second kappa shape index (κ2) is 7.50. The second-order valence-electron chi connectivity index (χ2n) is 4.69. The van der Waals surface area contributed by atoms with Crippen molar-refractivity contribution in [3.05, 3.63) is 62.0 Å². The number of methoxy groups -OCH3 is 1. The molecule has 0 heterocycles. The SMILES string of the molecule is CNC(Cc1ccc(OC)c(Br)c1)c1ccc(Cl)c(Cl)c1. The number of benzene rings is 2. The molecular formula is C16H16BrCl2NO. The molecule has 1 N–H and O–H groups in total. The Morgan fingerprint density at radius 1 is 1.14 bits per heavy atom. The Hall–Kier alpha value is -0.740. The van der Waals surface area contributed by atoms with Gasteiger partial charge in [-0.1, -0.05) is 35.3 Å². The third-order valence-electron chi connectivity index (χ3n) is 3.35. The summed E-state index contributed by atoms with van der Waals surface area (Å²) in [5, 5.41) is 4.46. The van der Waals surface area contributed by atoms with E-state index in [-0.39, 0.29) is 6.04 Å². The van der Waals surface area contributed by atoms with Gasteiger partial charge in [0.05, 0.1) is 21.6 Å². The first kappa shape index (κ1) is 16.6. The van der Waals surface area contributed by atoms with E-state index in [9.17, 15) is 0 Å². The molecule has 0 radical (unpaired) electrons. The quantitative estimate of drug-likeness (QED) is 0.753. The Morgan fingerprint density at radius 2 is 1.90 bits per heavy atom. The molecule has 0 amide bonds. The molecule has 1 unspecified atom stereocenters. The second-order valence-corrected chi connectivity index (χ2v) is 6.36. The van der Waals surface area contributed by atoms with Gasteiger partial charge in [-0.25, -0.2) is 0 Å². The van der Waals surface area contributed by atoms with Crippen molar-refractivity contribution in [2.45, 2.75) is 12.5 Å². The Kier molecular flexibility index (Phi) is 5.94. The minimum atomic E-state index is 0.167. The lowest BCUT2D eigenvalue weighted by Gasteiger charge is -2.18. The topological polar surface area (TPSA) is 21.3 Å². The summed E-state index contributed by atoms with van der Waals surface area (Å²) in [4.78, 5) is 0. The van der Waals surface area contributed by atoms with Crippen molar-refractivity contribution in [2.75, 3.05) is 14.2 Å². The van der Waals surface area contributed by atoms with E-state index >= 15 is 0 Å². The predicted molar refractivity (Wildman–Crippen MR) is 92.7 cm³/mol. The molecule has 2 aromatic carbocycles. The van der Waals surface area contributed by atoms with Crippen molar-refractivity contribution < 1.29 is 4.74 Å². The van der Waals surface area contributed by atoms with Gasteiger partial charge in [0.1, 0.15) is 5.75 Å². The van der Waals surface area contributed by atoms with Crippen LogP contribution in [0.1, 0.15) is 17.2 Å². The van der Waals surface area contributed by atoms with Gasteiger partial charge in [-0.3, -0.25) is 0 Å². The van der Waals surface area contributed by atoms with E-state index in [0.29, 0.717) is 10.0 Å². The lowest BCUT2D eigenvalue weighted by molar-refractivity contribution is 0.412. The first-order valence-electron chi connectivity index (χ1n) is 6.49. The van der Waals surface area contributed by atoms with Crippen molar-refractivity contribution in [3.8, 4) is 5.75 Å². The molecule has 1 atom stereocenters. The van der Waals surface area contributed by atoms with Crippen LogP contribution in [0, 0.1) is 0 Å². The minimum absolute atomic E-state index is 0.167. The van der Waals surface area contributed by atoms with Gasteiger partial charge in [0.2, 0.25) is 0 Å². The van der Waals surface area contributed by atoms with Crippen LogP contribution in [-0.2, 0) is 6.42 Å². The van der Waals surface area contributed by atoms with Gasteiger partial charge in [0.25, 0.3) is 0 Å². The largest absolute Gasteiger partial charge is 0.496 e. The van der Waals surface area contributed by atoms with Crippen molar-refractivity contribution >= 4 is 39.1 Å². The zero-order valence-corrected chi connectivity index (χ0v) is 14.9. The van der Waals surface area contributed by atoms with E-state index < -0.39 is 0 Å². The van der Waals surface area contributed by atoms with E-state index in [1.807, 2.05) is 31.3 Å². The minimum Gasteiger partial charge on any atom is -0.496 e. The smallest absolute Gasteiger partial charge is 0.133 e. The lowest BCUT2D eigenvalue weighted by Crippen LogP contribution is -2.18. The lowest BCUT2D eigenvalue weighted by atomic mass is 9.99. The highest BCUT2D eigenvalue weighted by Crippen LogP contribution is 2.30. The first-order valence-corrected chi connectivity index (χ1v) is 8.04. The van der Waals surface area contributed by atoms with Crippen LogP contribution in [0.3, 0.4) is 0 Å². The van der Waals surface area contributed by atoms with Gasteiger partial charge in [0, 0.05) is 6.04 Å². The van der Waals surface area contributed by atoms with Gasteiger partial charge in [-0.15, -0.1) is 0 Å². The summed E-state index contributed by atoms with van der Waals surface area (Å²) in [7, 11) is 3.59. The van der Waals surface area contributed by atoms with Crippen molar-refractivity contribution in [1.29, 1.82) is 0 Å². The molecule has 0 aliphatic rings. The van der Waals surface area contributed by atoms with E-state index in [2.05, 4.69) is 33.4 Å². The van der Waals surface area contributed by atoms with Gasteiger partial charge in [-0.2, -0.15) is 0 Å². The van der Waals surface area contributed by atoms with Crippen molar-refractivity contribution in [3.63, 3.8) is 0 Å². The average Bonchev–Trinajstić information content (AvgIpc) is 2.48. The summed E-state index contributed by atoms with van der Waals surface area (Å²) in [6.45, 7) is 0. The Balaban J connectivity index is 2.22. The molecule has 21 heavy (non-hydrogen) atoms. The molecule has 0 aromatic heterocycles. The molecule has 2 aromatic rings. The van der Waals surface area contributed by atoms with Crippen molar-refractivity contribution in [1.82, 2.24) is 5.32 Å². The highest BCUT2D eigenvalue weighted by Gasteiger charge is 2.13. The van der Waals surface area contributed by atoms with Gasteiger partial charge >= 0.3 is 0 Å². The number of halogens is 3. The number of likely N-dealkylation sites (N-methyl/N-ethyl adjacent to an activating group) is 1. The highest BCUT2D eigenvalue weighted by atomic mass is 79.9. The zero-order valence-electron chi connectivity index (χ0n) is 11.8. The Morgan fingerprint density at radius 3 is 2.48 bits per heavy atom. The maximum atomic E-state index is 6.10. The van der Waals surface area contributed by atoms with Crippen molar-refractivity contribution in [2.24, 2.45) is 0 Å². The molecule has 2 rings (SSSR count). The molecule has 2 nitrogen and oxygen atoms in total.